The highest BCUT2D eigenvalue weighted by atomic mass is 127. The van der Waals surface area contributed by atoms with Crippen molar-refractivity contribution in [3.63, 3.8) is 0 Å². The fraction of sp³-hybridized carbons (Fsp3) is 0.500. The molecule has 0 aliphatic rings. The van der Waals surface area contributed by atoms with E-state index in [1.54, 1.807) is 26.0 Å². The first-order chi connectivity index (χ1) is 10.6. The Kier molecular flexibility index (Phi) is 11.4. The van der Waals surface area contributed by atoms with Crippen LogP contribution in [0, 0.1) is 0 Å². The fourth-order valence-corrected chi connectivity index (χ4v) is 1.96. The minimum Gasteiger partial charge on any atom is -0.396 e. The lowest BCUT2D eigenvalue weighted by molar-refractivity contribution is -0.128. The molecule has 0 fully saturated rings. The van der Waals surface area contributed by atoms with Crippen LogP contribution in [-0.2, 0) is 4.79 Å². The van der Waals surface area contributed by atoms with E-state index in [9.17, 15) is 9.90 Å². The topological polar surface area (TPSA) is 77.0 Å². The highest BCUT2D eigenvalue weighted by Gasteiger charge is 2.11. The molecule has 23 heavy (non-hydrogen) atoms. The van der Waals surface area contributed by atoms with Crippen LogP contribution in [0.3, 0.4) is 0 Å². The summed E-state index contributed by atoms with van der Waals surface area (Å²) in [6.45, 7) is 1.15. The first-order valence-electron chi connectivity index (χ1n) is 7.39. The zero-order valence-corrected chi connectivity index (χ0v) is 16.3. The molecule has 7 heteroatoms. The zero-order chi connectivity index (χ0) is 16.4. The Morgan fingerprint density at radius 2 is 1.91 bits per heavy atom. The molecular formula is C16H27IN4O2. The van der Waals surface area contributed by atoms with E-state index < -0.39 is 0 Å². The van der Waals surface area contributed by atoms with Crippen LogP contribution in [-0.4, -0.2) is 62.7 Å². The number of rotatable bonds is 7. The molecule has 0 heterocycles. The van der Waals surface area contributed by atoms with E-state index in [1.807, 2.05) is 30.3 Å². The van der Waals surface area contributed by atoms with Gasteiger partial charge in [0.15, 0.2) is 5.96 Å². The van der Waals surface area contributed by atoms with Crippen LogP contribution in [0.15, 0.2) is 35.3 Å². The monoisotopic (exact) mass is 434 g/mol. The third-order valence-electron chi connectivity index (χ3n) is 3.36. The zero-order valence-electron chi connectivity index (χ0n) is 14.0. The van der Waals surface area contributed by atoms with Gasteiger partial charge in [-0.3, -0.25) is 9.79 Å². The molecule has 1 aromatic carbocycles. The van der Waals surface area contributed by atoms with Gasteiger partial charge >= 0.3 is 0 Å². The van der Waals surface area contributed by atoms with Gasteiger partial charge in [0.1, 0.15) is 0 Å². The van der Waals surface area contributed by atoms with Crippen LogP contribution in [0.25, 0.3) is 0 Å². The Hall–Kier alpha value is -1.35. The van der Waals surface area contributed by atoms with Gasteiger partial charge in [0.2, 0.25) is 5.91 Å². The van der Waals surface area contributed by atoms with Gasteiger partial charge in [-0.1, -0.05) is 30.3 Å². The van der Waals surface area contributed by atoms with Crippen molar-refractivity contribution in [1.82, 2.24) is 15.5 Å². The van der Waals surface area contributed by atoms with Gasteiger partial charge in [-0.2, -0.15) is 0 Å². The maximum absolute atomic E-state index is 11.5. The maximum atomic E-state index is 11.5. The van der Waals surface area contributed by atoms with Crippen molar-refractivity contribution in [2.24, 2.45) is 4.99 Å². The molecule has 1 rings (SSSR count). The summed E-state index contributed by atoms with van der Waals surface area (Å²) in [5, 5.41) is 15.8. The molecule has 0 aliphatic carbocycles. The number of amides is 1. The second-order valence-corrected chi connectivity index (χ2v) is 5.21. The molecule has 0 aromatic heterocycles. The number of nitrogens with zero attached hydrogens (tertiary/aromatic N) is 2. The highest BCUT2D eigenvalue weighted by molar-refractivity contribution is 14.0. The van der Waals surface area contributed by atoms with Crippen molar-refractivity contribution < 1.29 is 9.90 Å². The predicted octanol–water partition coefficient (Wildman–Crippen LogP) is 1.02. The van der Waals surface area contributed by atoms with Crippen molar-refractivity contribution in [3.05, 3.63) is 35.9 Å². The lowest BCUT2D eigenvalue weighted by Crippen LogP contribution is -2.41. The number of aliphatic hydroxyl groups excluding tert-OH is 1. The predicted molar refractivity (Wildman–Crippen MR) is 104 cm³/mol. The van der Waals surface area contributed by atoms with Crippen molar-refractivity contribution in [2.45, 2.75) is 12.3 Å². The standard InChI is InChI=1S/C16H26N4O2.HI/c1-17-16(18-10-9-15(22)20(2)3)19-11-14(12-21)13-7-5-4-6-8-13;/h4-8,14,21H,9-12H2,1-3H3,(H2,17,18,19);1H. The number of aliphatic hydroxyl groups is 1. The highest BCUT2D eigenvalue weighted by Crippen LogP contribution is 2.13. The Bertz CT molecular complexity index is 480. The van der Waals surface area contributed by atoms with E-state index >= 15 is 0 Å². The number of aliphatic imine (C=N–C) groups is 1. The van der Waals surface area contributed by atoms with E-state index in [0.29, 0.717) is 25.5 Å². The molecule has 1 atom stereocenters. The molecule has 130 valence electrons. The minimum absolute atomic E-state index is 0. The molecule has 0 bridgehead atoms. The van der Waals surface area contributed by atoms with E-state index in [1.165, 1.54) is 0 Å². The largest absolute Gasteiger partial charge is 0.396 e. The lowest BCUT2D eigenvalue weighted by atomic mass is 10.0. The number of carbonyl (C=O) groups excluding carboxylic acids is 1. The van der Waals surface area contributed by atoms with Crippen LogP contribution in [0.5, 0.6) is 0 Å². The summed E-state index contributed by atoms with van der Waals surface area (Å²) in [5.41, 5.74) is 1.08. The smallest absolute Gasteiger partial charge is 0.223 e. The quantitative estimate of drug-likeness (QED) is 0.341. The number of hydrogen-bond acceptors (Lipinski definition) is 3. The molecule has 6 nitrogen and oxygen atoms in total. The number of nitrogens with one attached hydrogen (secondary N) is 2. The van der Waals surface area contributed by atoms with Gasteiger partial charge in [0, 0.05) is 46.6 Å². The summed E-state index contributed by atoms with van der Waals surface area (Å²) in [6.07, 6.45) is 0.413. The van der Waals surface area contributed by atoms with Crippen molar-refractivity contribution in [2.75, 3.05) is 40.8 Å². The molecule has 0 radical (unpaired) electrons. The van der Waals surface area contributed by atoms with Gasteiger partial charge in [0.05, 0.1) is 6.61 Å². The Labute approximate surface area is 155 Å². The third kappa shape index (κ3) is 8.17. The van der Waals surface area contributed by atoms with Gasteiger partial charge in [-0.05, 0) is 5.56 Å². The van der Waals surface area contributed by atoms with E-state index in [4.69, 9.17) is 0 Å². The average molecular weight is 434 g/mol. The number of halogens is 1. The number of carbonyl (C=O) groups is 1. The molecule has 3 N–H and O–H groups in total. The number of hydrogen-bond donors (Lipinski definition) is 3. The van der Waals surface area contributed by atoms with E-state index in [-0.39, 0.29) is 42.4 Å². The lowest BCUT2D eigenvalue weighted by Gasteiger charge is -2.18. The van der Waals surface area contributed by atoms with Crippen LogP contribution >= 0.6 is 24.0 Å². The van der Waals surface area contributed by atoms with E-state index in [2.05, 4.69) is 15.6 Å². The Morgan fingerprint density at radius 1 is 1.26 bits per heavy atom. The van der Waals surface area contributed by atoms with Crippen molar-refractivity contribution in [3.8, 4) is 0 Å². The van der Waals surface area contributed by atoms with Crippen LogP contribution in [0.2, 0.25) is 0 Å². The minimum atomic E-state index is 0. The Morgan fingerprint density at radius 3 is 2.43 bits per heavy atom. The van der Waals surface area contributed by atoms with Gasteiger partial charge in [-0.25, -0.2) is 0 Å². The maximum Gasteiger partial charge on any atom is 0.223 e. The molecular weight excluding hydrogens is 407 g/mol. The first-order valence-corrected chi connectivity index (χ1v) is 7.39. The summed E-state index contributed by atoms with van der Waals surface area (Å²) >= 11 is 0. The van der Waals surface area contributed by atoms with Gasteiger partial charge in [0.25, 0.3) is 0 Å². The number of guanidine groups is 1. The van der Waals surface area contributed by atoms with Gasteiger partial charge in [-0.15, -0.1) is 24.0 Å². The molecule has 1 aromatic rings. The molecule has 0 saturated carbocycles. The van der Waals surface area contributed by atoms with Crippen LogP contribution in [0.4, 0.5) is 0 Å². The summed E-state index contributed by atoms with van der Waals surface area (Å²) < 4.78 is 0. The van der Waals surface area contributed by atoms with Crippen molar-refractivity contribution in [1.29, 1.82) is 0 Å². The van der Waals surface area contributed by atoms with Crippen LogP contribution in [0.1, 0.15) is 17.9 Å². The summed E-state index contributed by atoms with van der Waals surface area (Å²) in [4.78, 5) is 17.2. The first kappa shape index (κ1) is 21.6. The molecule has 0 saturated heterocycles. The second-order valence-electron chi connectivity index (χ2n) is 5.21. The SMILES string of the molecule is CN=C(NCCC(=O)N(C)C)NCC(CO)c1ccccc1.I. The molecule has 0 spiro atoms. The second kappa shape index (κ2) is 12.1. The molecule has 1 unspecified atom stereocenters. The van der Waals surface area contributed by atoms with Gasteiger partial charge < -0.3 is 20.6 Å². The average Bonchev–Trinajstić information content (AvgIpc) is 2.54. The van der Waals surface area contributed by atoms with Crippen LogP contribution < -0.4 is 10.6 Å². The van der Waals surface area contributed by atoms with E-state index in [0.717, 1.165) is 5.56 Å². The summed E-state index contributed by atoms with van der Waals surface area (Å²) in [7, 11) is 5.15. The number of benzene rings is 1. The Balaban J connectivity index is 0.00000484. The fourth-order valence-electron chi connectivity index (χ4n) is 1.96. The third-order valence-corrected chi connectivity index (χ3v) is 3.36. The molecule has 1 amide bonds. The summed E-state index contributed by atoms with van der Waals surface area (Å²) in [6, 6.07) is 9.85. The molecule has 0 aliphatic heterocycles. The normalized spacial score (nSPS) is 12.1. The van der Waals surface area contributed by atoms with Crippen molar-refractivity contribution >= 4 is 35.8 Å². The summed E-state index contributed by atoms with van der Waals surface area (Å²) in [5.74, 6) is 0.699.